The number of likely N-dealkylation sites (N-methyl/N-ethyl adjacent to an activating group) is 1. The van der Waals surface area contributed by atoms with Crippen LogP contribution in [0.4, 0.5) is 0 Å². The highest BCUT2D eigenvalue weighted by atomic mass is 35.5. The monoisotopic (exact) mass is 285 g/mol. The van der Waals surface area contributed by atoms with Crippen molar-refractivity contribution < 1.29 is 9.84 Å². The minimum absolute atomic E-state index is 0. The van der Waals surface area contributed by atoms with Gasteiger partial charge >= 0.3 is 0 Å². The van der Waals surface area contributed by atoms with Gasteiger partial charge in [-0.3, -0.25) is 5.01 Å². The van der Waals surface area contributed by atoms with Crippen molar-refractivity contribution in [2.75, 3.05) is 40.3 Å². The van der Waals surface area contributed by atoms with Gasteiger partial charge in [-0.05, 0) is 19.2 Å². The zero-order valence-corrected chi connectivity index (χ0v) is 12.1. The molecule has 0 amide bonds. The van der Waals surface area contributed by atoms with Gasteiger partial charge in [0.1, 0.15) is 0 Å². The standard InChI is InChI=1S/C13H19N3O2.ClH/c1-15-6-8-16(9-7-15)14-10-11-4-3-5-12(18-2)13(11)17;/h3-5,10,17H,6-9H2,1-2H3;1H/b14-10+;. The second-order valence-corrected chi connectivity index (χ2v) is 4.40. The van der Waals surface area contributed by atoms with Crippen molar-refractivity contribution in [3.63, 3.8) is 0 Å². The zero-order valence-electron chi connectivity index (χ0n) is 11.2. The SMILES string of the molecule is COc1cccc(/C=N/N2CCN(C)CC2)c1O.Cl. The first kappa shape index (κ1) is 15.6. The van der Waals surface area contributed by atoms with Crippen LogP contribution in [0, 0.1) is 0 Å². The molecule has 1 N–H and O–H groups in total. The van der Waals surface area contributed by atoms with Crippen LogP contribution in [0.15, 0.2) is 23.3 Å². The summed E-state index contributed by atoms with van der Waals surface area (Å²) in [6.45, 7) is 3.86. The van der Waals surface area contributed by atoms with E-state index in [0.717, 1.165) is 26.2 Å². The zero-order chi connectivity index (χ0) is 13.0. The number of hydrazone groups is 1. The number of para-hydroxylation sites is 1. The van der Waals surface area contributed by atoms with Gasteiger partial charge in [0.15, 0.2) is 11.5 Å². The Morgan fingerprint density at radius 1 is 1.26 bits per heavy atom. The van der Waals surface area contributed by atoms with Crippen LogP contribution < -0.4 is 4.74 Å². The first-order chi connectivity index (χ1) is 8.70. The topological polar surface area (TPSA) is 48.3 Å². The highest BCUT2D eigenvalue weighted by molar-refractivity contribution is 5.85. The molecule has 0 atom stereocenters. The molecule has 106 valence electrons. The number of ether oxygens (including phenoxy) is 1. The maximum atomic E-state index is 9.92. The van der Waals surface area contributed by atoms with Crippen molar-refractivity contribution in [2.24, 2.45) is 5.10 Å². The maximum absolute atomic E-state index is 9.92. The predicted molar refractivity (Wildman–Crippen MR) is 78.6 cm³/mol. The summed E-state index contributed by atoms with van der Waals surface area (Å²) in [4.78, 5) is 2.27. The highest BCUT2D eigenvalue weighted by Gasteiger charge is 2.11. The van der Waals surface area contributed by atoms with E-state index in [2.05, 4.69) is 17.0 Å². The van der Waals surface area contributed by atoms with Crippen molar-refractivity contribution in [3.05, 3.63) is 23.8 Å². The highest BCUT2D eigenvalue weighted by Crippen LogP contribution is 2.28. The fourth-order valence-electron chi connectivity index (χ4n) is 1.86. The molecule has 1 aromatic rings. The number of piperazine rings is 1. The van der Waals surface area contributed by atoms with Gasteiger partial charge in [0.05, 0.1) is 13.3 Å². The third-order valence-electron chi connectivity index (χ3n) is 3.09. The number of rotatable bonds is 3. The van der Waals surface area contributed by atoms with E-state index in [-0.39, 0.29) is 18.2 Å². The summed E-state index contributed by atoms with van der Waals surface area (Å²) in [5.41, 5.74) is 0.674. The van der Waals surface area contributed by atoms with Crippen LogP contribution in [0.5, 0.6) is 11.5 Å². The molecule has 1 heterocycles. The Morgan fingerprint density at radius 2 is 1.95 bits per heavy atom. The molecular weight excluding hydrogens is 266 g/mol. The van der Waals surface area contributed by atoms with Crippen molar-refractivity contribution >= 4 is 18.6 Å². The molecule has 0 saturated carbocycles. The molecule has 1 aliphatic rings. The minimum atomic E-state index is 0. The van der Waals surface area contributed by atoms with Crippen LogP contribution >= 0.6 is 12.4 Å². The summed E-state index contributed by atoms with van der Waals surface area (Å²) in [6.07, 6.45) is 1.68. The molecule has 19 heavy (non-hydrogen) atoms. The van der Waals surface area contributed by atoms with E-state index in [9.17, 15) is 5.11 Å². The van der Waals surface area contributed by atoms with Crippen LogP contribution in [0.3, 0.4) is 0 Å². The summed E-state index contributed by atoms with van der Waals surface area (Å²) >= 11 is 0. The molecule has 0 unspecified atom stereocenters. The van der Waals surface area contributed by atoms with Gasteiger partial charge in [-0.15, -0.1) is 12.4 Å². The third kappa shape index (κ3) is 4.01. The molecule has 5 nitrogen and oxygen atoms in total. The number of hydrogen-bond acceptors (Lipinski definition) is 5. The summed E-state index contributed by atoms with van der Waals surface area (Å²) in [5, 5.41) is 16.3. The molecule has 2 rings (SSSR count). The van der Waals surface area contributed by atoms with E-state index in [1.165, 1.54) is 7.11 Å². The van der Waals surface area contributed by atoms with Gasteiger partial charge in [0, 0.05) is 31.7 Å². The Hall–Kier alpha value is -1.46. The number of aromatic hydroxyl groups is 1. The Balaban J connectivity index is 0.00000180. The molecule has 1 aliphatic heterocycles. The molecular formula is C13H20ClN3O2. The lowest BCUT2D eigenvalue weighted by atomic mass is 10.2. The normalized spacial score (nSPS) is 16.4. The van der Waals surface area contributed by atoms with E-state index < -0.39 is 0 Å². The minimum Gasteiger partial charge on any atom is -0.504 e. The molecule has 0 aromatic heterocycles. The lowest BCUT2D eigenvalue weighted by molar-refractivity contribution is 0.159. The lowest BCUT2D eigenvalue weighted by Gasteiger charge is -2.30. The van der Waals surface area contributed by atoms with Crippen molar-refractivity contribution in [2.45, 2.75) is 0 Å². The second kappa shape index (κ2) is 7.21. The Kier molecular flexibility index (Phi) is 5.92. The summed E-state index contributed by atoms with van der Waals surface area (Å²) in [6, 6.07) is 5.38. The van der Waals surface area contributed by atoms with Crippen LogP contribution in [0.2, 0.25) is 0 Å². The third-order valence-corrected chi connectivity index (χ3v) is 3.09. The van der Waals surface area contributed by atoms with Gasteiger partial charge in [-0.2, -0.15) is 5.10 Å². The van der Waals surface area contributed by atoms with Crippen molar-refractivity contribution in [3.8, 4) is 11.5 Å². The van der Waals surface area contributed by atoms with Gasteiger partial charge in [0.25, 0.3) is 0 Å². The first-order valence-corrected chi connectivity index (χ1v) is 6.04. The quantitative estimate of drug-likeness (QED) is 0.853. The van der Waals surface area contributed by atoms with E-state index >= 15 is 0 Å². The van der Waals surface area contributed by atoms with Gasteiger partial charge in [0.2, 0.25) is 0 Å². The van der Waals surface area contributed by atoms with Crippen LogP contribution in [0.25, 0.3) is 0 Å². The van der Waals surface area contributed by atoms with Crippen molar-refractivity contribution in [1.29, 1.82) is 0 Å². The number of halogens is 1. The molecule has 0 radical (unpaired) electrons. The maximum Gasteiger partial charge on any atom is 0.166 e. The first-order valence-electron chi connectivity index (χ1n) is 6.04. The van der Waals surface area contributed by atoms with Crippen LogP contribution in [-0.2, 0) is 0 Å². The number of hydrogen-bond donors (Lipinski definition) is 1. The fourth-order valence-corrected chi connectivity index (χ4v) is 1.86. The average molecular weight is 286 g/mol. The summed E-state index contributed by atoms with van der Waals surface area (Å²) < 4.78 is 5.06. The van der Waals surface area contributed by atoms with Crippen LogP contribution in [0.1, 0.15) is 5.56 Å². The van der Waals surface area contributed by atoms with Gasteiger partial charge in [-0.25, -0.2) is 0 Å². The molecule has 0 spiro atoms. The smallest absolute Gasteiger partial charge is 0.166 e. The van der Waals surface area contributed by atoms with Crippen LogP contribution in [-0.4, -0.2) is 61.6 Å². The summed E-state index contributed by atoms with van der Waals surface area (Å²) in [7, 11) is 3.64. The average Bonchev–Trinajstić information content (AvgIpc) is 2.39. The molecule has 6 heteroatoms. The number of methoxy groups -OCH3 is 1. The lowest BCUT2D eigenvalue weighted by Crippen LogP contribution is -2.41. The second-order valence-electron chi connectivity index (χ2n) is 4.40. The fraction of sp³-hybridized carbons (Fsp3) is 0.462. The number of phenols is 1. The van der Waals surface area contributed by atoms with Gasteiger partial charge < -0.3 is 14.7 Å². The van der Waals surface area contributed by atoms with E-state index in [4.69, 9.17) is 4.74 Å². The Morgan fingerprint density at radius 3 is 2.58 bits per heavy atom. The Bertz CT molecular complexity index is 432. The van der Waals surface area contributed by atoms with Gasteiger partial charge in [-0.1, -0.05) is 6.07 Å². The van der Waals surface area contributed by atoms with Crippen molar-refractivity contribution in [1.82, 2.24) is 9.91 Å². The van der Waals surface area contributed by atoms with E-state index in [0.29, 0.717) is 11.3 Å². The van der Waals surface area contributed by atoms with E-state index in [1.807, 2.05) is 17.1 Å². The molecule has 0 bridgehead atoms. The summed E-state index contributed by atoms with van der Waals surface area (Å²) in [5.74, 6) is 0.607. The number of nitrogens with zero attached hydrogens (tertiary/aromatic N) is 3. The number of phenolic OH excluding ortho intramolecular Hbond substituents is 1. The molecule has 0 aliphatic carbocycles. The Labute approximate surface area is 119 Å². The molecule has 1 fully saturated rings. The predicted octanol–water partition coefficient (Wildman–Crippen LogP) is 1.40. The largest absolute Gasteiger partial charge is 0.504 e. The molecule has 1 aromatic carbocycles. The number of benzene rings is 1. The molecule has 1 saturated heterocycles. The van der Waals surface area contributed by atoms with E-state index in [1.54, 1.807) is 12.3 Å².